The molecule has 0 amide bonds. The Morgan fingerprint density at radius 2 is 2.00 bits per heavy atom. The van der Waals surface area contributed by atoms with Crippen LogP contribution < -0.4 is 10.1 Å². The van der Waals surface area contributed by atoms with Crippen LogP contribution in [0.15, 0.2) is 0 Å². The Kier molecular flexibility index (Phi) is 6.43. The number of aromatic nitrogens is 2. The molecular formula is C13H23N3O2. The smallest absolute Gasteiger partial charge is 0.221 e. The first-order valence-corrected chi connectivity index (χ1v) is 6.57. The summed E-state index contributed by atoms with van der Waals surface area (Å²) in [4.78, 5) is 8.89. The molecule has 0 atom stereocenters. The molecular weight excluding hydrogens is 230 g/mol. The Morgan fingerprint density at radius 1 is 1.22 bits per heavy atom. The van der Waals surface area contributed by atoms with Crippen LogP contribution >= 0.6 is 0 Å². The van der Waals surface area contributed by atoms with Crippen LogP contribution in [0.5, 0.6) is 5.88 Å². The highest BCUT2D eigenvalue weighted by atomic mass is 16.5. The summed E-state index contributed by atoms with van der Waals surface area (Å²) in [6.45, 7) is 7.26. The first-order valence-electron chi connectivity index (χ1n) is 6.57. The van der Waals surface area contributed by atoms with E-state index in [4.69, 9.17) is 9.84 Å². The van der Waals surface area contributed by atoms with Gasteiger partial charge in [-0.2, -0.15) is 4.98 Å². The van der Waals surface area contributed by atoms with Crippen molar-refractivity contribution in [2.45, 2.75) is 40.0 Å². The number of hydrogen-bond donors (Lipinski definition) is 2. The molecule has 1 aromatic heterocycles. The number of rotatable bonds is 8. The number of anilines is 1. The second kappa shape index (κ2) is 7.87. The Balaban J connectivity index is 2.95. The quantitative estimate of drug-likeness (QED) is 0.741. The predicted octanol–water partition coefficient (Wildman–Crippen LogP) is 1.93. The third-order valence-corrected chi connectivity index (χ3v) is 2.49. The second-order valence-corrected chi connectivity index (χ2v) is 4.17. The van der Waals surface area contributed by atoms with E-state index in [9.17, 15) is 0 Å². The van der Waals surface area contributed by atoms with Crippen LogP contribution in [-0.4, -0.2) is 34.8 Å². The standard InChI is InChI=1S/C13H23N3O2/c1-4-6-11-15-12(14-7-5-2)10(3)13(16-11)18-9-8-17/h17H,4-9H2,1-3H3,(H,14,15,16). The molecule has 2 N–H and O–H groups in total. The average Bonchev–Trinajstić information content (AvgIpc) is 2.37. The zero-order chi connectivity index (χ0) is 13.4. The van der Waals surface area contributed by atoms with Crippen molar-refractivity contribution in [1.82, 2.24) is 9.97 Å². The molecule has 5 nitrogen and oxygen atoms in total. The zero-order valence-electron chi connectivity index (χ0n) is 11.5. The number of ether oxygens (including phenoxy) is 1. The van der Waals surface area contributed by atoms with Crippen LogP contribution in [0, 0.1) is 6.92 Å². The molecule has 1 aromatic rings. The van der Waals surface area contributed by atoms with Crippen LogP contribution in [0.3, 0.4) is 0 Å². The molecule has 0 aliphatic rings. The van der Waals surface area contributed by atoms with E-state index in [2.05, 4.69) is 29.1 Å². The first kappa shape index (κ1) is 14.7. The summed E-state index contributed by atoms with van der Waals surface area (Å²) < 4.78 is 5.45. The number of aliphatic hydroxyl groups is 1. The molecule has 0 bridgehead atoms. The van der Waals surface area contributed by atoms with Crippen LogP contribution in [0.4, 0.5) is 5.82 Å². The lowest BCUT2D eigenvalue weighted by Gasteiger charge is -2.13. The van der Waals surface area contributed by atoms with Crippen LogP contribution in [0.25, 0.3) is 0 Å². The lowest BCUT2D eigenvalue weighted by atomic mass is 10.2. The molecule has 1 heterocycles. The van der Waals surface area contributed by atoms with Gasteiger partial charge in [0.2, 0.25) is 5.88 Å². The minimum absolute atomic E-state index is 0.00965. The molecule has 0 saturated carbocycles. The van der Waals surface area contributed by atoms with Gasteiger partial charge in [-0.3, -0.25) is 0 Å². The molecule has 0 aliphatic carbocycles. The van der Waals surface area contributed by atoms with E-state index in [1.807, 2.05) is 6.92 Å². The summed E-state index contributed by atoms with van der Waals surface area (Å²) >= 11 is 0. The van der Waals surface area contributed by atoms with Crippen molar-refractivity contribution in [3.63, 3.8) is 0 Å². The normalized spacial score (nSPS) is 10.4. The fraction of sp³-hybridized carbons (Fsp3) is 0.692. The predicted molar refractivity (Wildman–Crippen MR) is 72.1 cm³/mol. The number of aryl methyl sites for hydroxylation is 1. The highest BCUT2D eigenvalue weighted by Gasteiger charge is 2.11. The first-order chi connectivity index (χ1) is 8.72. The molecule has 0 unspecified atom stereocenters. The molecule has 5 heteroatoms. The minimum Gasteiger partial charge on any atom is -0.475 e. The lowest BCUT2D eigenvalue weighted by molar-refractivity contribution is 0.195. The summed E-state index contributed by atoms with van der Waals surface area (Å²) in [5.74, 6) is 2.19. The van der Waals surface area contributed by atoms with Gasteiger partial charge in [0.1, 0.15) is 18.2 Å². The largest absolute Gasteiger partial charge is 0.475 e. The van der Waals surface area contributed by atoms with Crippen LogP contribution in [0.1, 0.15) is 38.1 Å². The maximum absolute atomic E-state index is 8.82. The molecule has 0 aromatic carbocycles. The average molecular weight is 253 g/mol. The Bertz CT molecular complexity index is 340. The zero-order valence-corrected chi connectivity index (χ0v) is 11.5. The maximum Gasteiger partial charge on any atom is 0.221 e. The summed E-state index contributed by atoms with van der Waals surface area (Å²) in [6, 6.07) is 0. The fourth-order valence-corrected chi connectivity index (χ4v) is 1.57. The van der Waals surface area contributed by atoms with Gasteiger partial charge in [0.15, 0.2) is 0 Å². The number of nitrogens with one attached hydrogen (secondary N) is 1. The van der Waals surface area contributed by atoms with E-state index in [-0.39, 0.29) is 13.2 Å². The Labute approximate surface area is 109 Å². The van der Waals surface area contributed by atoms with Crippen molar-refractivity contribution in [3.05, 3.63) is 11.4 Å². The summed E-state index contributed by atoms with van der Waals surface area (Å²) in [6.07, 6.45) is 2.87. The second-order valence-electron chi connectivity index (χ2n) is 4.17. The van der Waals surface area contributed by atoms with Gasteiger partial charge in [0, 0.05) is 13.0 Å². The molecule has 18 heavy (non-hydrogen) atoms. The van der Waals surface area contributed by atoms with Crippen molar-refractivity contribution >= 4 is 5.82 Å². The van der Waals surface area contributed by atoms with Crippen molar-refractivity contribution in [1.29, 1.82) is 0 Å². The van der Waals surface area contributed by atoms with E-state index >= 15 is 0 Å². The minimum atomic E-state index is -0.00965. The molecule has 0 fully saturated rings. The van der Waals surface area contributed by atoms with E-state index < -0.39 is 0 Å². The van der Waals surface area contributed by atoms with Crippen LogP contribution in [0.2, 0.25) is 0 Å². The van der Waals surface area contributed by atoms with E-state index in [0.717, 1.165) is 43.0 Å². The summed E-state index contributed by atoms with van der Waals surface area (Å²) in [5, 5.41) is 12.1. The van der Waals surface area contributed by atoms with Gasteiger partial charge in [-0.05, 0) is 19.8 Å². The highest BCUT2D eigenvalue weighted by molar-refractivity contribution is 5.48. The topological polar surface area (TPSA) is 67.3 Å². The molecule has 1 rings (SSSR count). The van der Waals surface area contributed by atoms with Gasteiger partial charge >= 0.3 is 0 Å². The van der Waals surface area contributed by atoms with E-state index in [0.29, 0.717) is 5.88 Å². The number of nitrogens with zero attached hydrogens (tertiary/aromatic N) is 2. The van der Waals surface area contributed by atoms with Gasteiger partial charge in [-0.1, -0.05) is 13.8 Å². The molecule has 102 valence electrons. The monoisotopic (exact) mass is 253 g/mol. The third kappa shape index (κ3) is 4.14. The highest BCUT2D eigenvalue weighted by Crippen LogP contribution is 2.22. The van der Waals surface area contributed by atoms with Gasteiger partial charge in [-0.25, -0.2) is 4.98 Å². The van der Waals surface area contributed by atoms with Gasteiger partial charge < -0.3 is 15.2 Å². The fourth-order valence-electron chi connectivity index (χ4n) is 1.57. The summed E-state index contributed by atoms with van der Waals surface area (Å²) in [7, 11) is 0. The van der Waals surface area contributed by atoms with Crippen molar-refractivity contribution < 1.29 is 9.84 Å². The van der Waals surface area contributed by atoms with E-state index in [1.165, 1.54) is 0 Å². The maximum atomic E-state index is 8.82. The molecule has 0 aliphatic heterocycles. The van der Waals surface area contributed by atoms with Crippen molar-refractivity contribution in [2.24, 2.45) is 0 Å². The molecule has 0 radical (unpaired) electrons. The number of aliphatic hydroxyl groups excluding tert-OH is 1. The Morgan fingerprint density at radius 3 is 2.61 bits per heavy atom. The van der Waals surface area contributed by atoms with Crippen LogP contribution in [-0.2, 0) is 6.42 Å². The van der Waals surface area contributed by atoms with Gasteiger partial charge in [-0.15, -0.1) is 0 Å². The van der Waals surface area contributed by atoms with Gasteiger partial charge in [0.25, 0.3) is 0 Å². The number of hydrogen-bond acceptors (Lipinski definition) is 5. The Hall–Kier alpha value is -1.36. The molecule has 0 saturated heterocycles. The van der Waals surface area contributed by atoms with Crippen molar-refractivity contribution in [3.8, 4) is 5.88 Å². The summed E-state index contributed by atoms with van der Waals surface area (Å²) in [5.41, 5.74) is 0.900. The van der Waals surface area contributed by atoms with Gasteiger partial charge in [0.05, 0.1) is 12.2 Å². The lowest BCUT2D eigenvalue weighted by Crippen LogP contribution is -2.11. The third-order valence-electron chi connectivity index (χ3n) is 2.49. The SMILES string of the molecule is CCCNc1nc(CCC)nc(OCCO)c1C. The van der Waals surface area contributed by atoms with Crippen molar-refractivity contribution in [2.75, 3.05) is 25.1 Å². The molecule has 0 spiro atoms. The van der Waals surface area contributed by atoms with E-state index in [1.54, 1.807) is 0 Å².